The Hall–Kier alpha value is -1.74. The number of nitrogens with zero attached hydrogens (tertiary/aromatic N) is 2. The largest absolute Gasteiger partial charge is 0.265 e. The van der Waals surface area contributed by atoms with E-state index in [0.29, 0.717) is 0 Å². The summed E-state index contributed by atoms with van der Waals surface area (Å²) in [6.07, 6.45) is 9.11. The highest BCUT2D eigenvalue weighted by Crippen LogP contribution is 2.09. The molecule has 74 valence electrons. The van der Waals surface area contributed by atoms with Crippen LogP contribution in [0.25, 0.3) is 6.08 Å². The molecule has 0 aliphatic carbocycles. The topological polar surface area (TPSA) is 25.2 Å². The SMILES string of the molecule is C(=Cc1cccs1)N=Cc1ccncc1. The average Bonchev–Trinajstić information content (AvgIpc) is 2.79. The summed E-state index contributed by atoms with van der Waals surface area (Å²) in [6.45, 7) is 0. The Kier molecular flexibility index (Phi) is 3.41. The summed E-state index contributed by atoms with van der Waals surface area (Å²) in [6, 6.07) is 7.92. The number of hydrogen-bond acceptors (Lipinski definition) is 3. The second-order valence-corrected chi connectivity index (χ2v) is 3.87. The molecule has 0 unspecified atom stereocenters. The molecule has 2 rings (SSSR count). The van der Waals surface area contributed by atoms with Gasteiger partial charge in [0.25, 0.3) is 0 Å². The first-order valence-electron chi connectivity index (χ1n) is 4.58. The van der Waals surface area contributed by atoms with Gasteiger partial charge in [-0.15, -0.1) is 11.3 Å². The predicted molar refractivity (Wildman–Crippen MR) is 65.2 cm³/mol. The molecule has 0 aromatic carbocycles. The summed E-state index contributed by atoms with van der Waals surface area (Å²) >= 11 is 1.70. The predicted octanol–water partition coefficient (Wildman–Crippen LogP) is 3.23. The summed E-state index contributed by atoms with van der Waals surface area (Å²) in [5.74, 6) is 0. The molecule has 0 aliphatic rings. The van der Waals surface area contributed by atoms with Crippen LogP contribution in [0.2, 0.25) is 0 Å². The van der Waals surface area contributed by atoms with Gasteiger partial charge >= 0.3 is 0 Å². The van der Waals surface area contributed by atoms with Crippen LogP contribution in [0.1, 0.15) is 10.4 Å². The maximum atomic E-state index is 4.19. The second-order valence-electron chi connectivity index (χ2n) is 2.89. The van der Waals surface area contributed by atoms with E-state index >= 15 is 0 Å². The monoisotopic (exact) mass is 214 g/mol. The van der Waals surface area contributed by atoms with E-state index in [-0.39, 0.29) is 0 Å². The molecule has 0 atom stereocenters. The van der Waals surface area contributed by atoms with Crippen molar-refractivity contribution < 1.29 is 0 Å². The number of pyridine rings is 1. The first-order valence-corrected chi connectivity index (χ1v) is 5.46. The highest BCUT2D eigenvalue weighted by Gasteiger charge is 1.84. The first kappa shape index (κ1) is 9.80. The van der Waals surface area contributed by atoms with E-state index in [2.05, 4.69) is 16.0 Å². The Morgan fingerprint density at radius 1 is 1.20 bits per heavy atom. The highest BCUT2D eigenvalue weighted by molar-refractivity contribution is 7.10. The highest BCUT2D eigenvalue weighted by atomic mass is 32.1. The molecule has 0 N–H and O–H groups in total. The van der Waals surface area contributed by atoms with Gasteiger partial charge in [-0.3, -0.25) is 9.98 Å². The lowest BCUT2D eigenvalue weighted by molar-refractivity contribution is 1.32. The van der Waals surface area contributed by atoms with Crippen molar-refractivity contribution in [2.75, 3.05) is 0 Å². The van der Waals surface area contributed by atoms with E-state index in [1.807, 2.05) is 35.9 Å². The number of aromatic nitrogens is 1. The minimum atomic E-state index is 1.06. The zero-order chi connectivity index (χ0) is 10.3. The lowest BCUT2D eigenvalue weighted by Crippen LogP contribution is -1.78. The molecule has 0 radical (unpaired) electrons. The first-order chi connectivity index (χ1) is 7.45. The molecule has 2 heterocycles. The Labute approximate surface area is 92.6 Å². The van der Waals surface area contributed by atoms with E-state index in [0.717, 1.165) is 5.56 Å². The molecule has 2 aromatic heterocycles. The quantitative estimate of drug-likeness (QED) is 0.720. The summed E-state index contributed by atoms with van der Waals surface area (Å²) < 4.78 is 0. The minimum absolute atomic E-state index is 1.06. The second kappa shape index (κ2) is 5.22. The zero-order valence-corrected chi connectivity index (χ0v) is 8.89. The van der Waals surface area contributed by atoms with Crippen molar-refractivity contribution in [3.05, 3.63) is 58.7 Å². The standard InChI is InChI=1S/C12H10N2S/c1-2-12(15-9-1)5-8-14-10-11-3-6-13-7-4-11/h1-10H. The third kappa shape index (κ3) is 3.14. The molecule has 0 bridgehead atoms. The van der Waals surface area contributed by atoms with Crippen LogP contribution in [0, 0.1) is 0 Å². The maximum absolute atomic E-state index is 4.19. The zero-order valence-electron chi connectivity index (χ0n) is 8.08. The Morgan fingerprint density at radius 2 is 2.07 bits per heavy atom. The molecule has 3 heteroatoms. The van der Waals surface area contributed by atoms with Crippen molar-refractivity contribution >= 4 is 23.6 Å². The minimum Gasteiger partial charge on any atom is -0.265 e. The van der Waals surface area contributed by atoms with Gasteiger partial charge in [0, 0.05) is 29.7 Å². The van der Waals surface area contributed by atoms with Crippen molar-refractivity contribution in [1.82, 2.24) is 4.98 Å². The van der Waals surface area contributed by atoms with Crippen molar-refractivity contribution in [3.8, 4) is 0 Å². The Balaban J connectivity index is 1.96. The molecule has 0 saturated carbocycles. The van der Waals surface area contributed by atoms with Crippen LogP contribution in [0.5, 0.6) is 0 Å². The third-order valence-corrected chi connectivity index (χ3v) is 2.64. The van der Waals surface area contributed by atoms with Gasteiger partial charge in [0.2, 0.25) is 0 Å². The summed E-state index contributed by atoms with van der Waals surface area (Å²) in [4.78, 5) is 9.34. The number of rotatable bonds is 3. The third-order valence-electron chi connectivity index (χ3n) is 1.80. The molecule has 0 saturated heterocycles. The fourth-order valence-electron chi connectivity index (χ4n) is 1.08. The number of thiophene rings is 1. The lowest BCUT2D eigenvalue weighted by Gasteiger charge is -1.87. The molecular formula is C12H10N2S. The van der Waals surface area contributed by atoms with Gasteiger partial charge < -0.3 is 0 Å². The van der Waals surface area contributed by atoms with Gasteiger partial charge in [-0.25, -0.2) is 0 Å². The van der Waals surface area contributed by atoms with Gasteiger partial charge in [0.15, 0.2) is 0 Å². The fourth-order valence-corrected chi connectivity index (χ4v) is 1.69. The molecular weight excluding hydrogens is 204 g/mol. The number of hydrogen-bond donors (Lipinski definition) is 0. The van der Waals surface area contributed by atoms with Crippen LogP contribution in [-0.2, 0) is 0 Å². The van der Waals surface area contributed by atoms with Crippen molar-refractivity contribution in [2.24, 2.45) is 4.99 Å². The molecule has 0 fully saturated rings. The molecule has 0 aliphatic heterocycles. The number of aliphatic imine (C=N–C) groups is 1. The Morgan fingerprint density at radius 3 is 2.80 bits per heavy atom. The fraction of sp³-hybridized carbons (Fsp3) is 0. The van der Waals surface area contributed by atoms with Gasteiger partial charge in [-0.2, -0.15) is 0 Å². The molecule has 15 heavy (non-hydrogen) atoms. The molecule has 2 nitrogen and oxygen atoms in total. The van der Waals surface area contributed by atoms with Crippen molar-refractivity contribution in [2.45, 2.75) is 0 Å². The van der Waals surface area contributed by atoms with Crippen LogP contribution >= 0.6 is 11.3 Å². The summed E-state index contributed by atoms with van der Waals surface area (Å²) in [5.41, 5.74) is 1.06. The van der Waals surface area contributed by atoms with E-state index in [4.69, 9.17) is 0 Å². The van der Waals surface area contributed by atoms with Gasteiger partial charge in [0.05, 0.1) is 0 Å². The average molecular weight is 214 g/mol. The van der Waals surface area contributed by atoms with Gasteiger partial charge in [-0.05, 0) is 35.2 Å². The summed E-state index contributed by atoms with van der Waals surface area (Å²) in [5, 5.41) is 2.05. The molecule has 2 aromatic rings. The van der Waals surface area contributed by atoms with Crippen LogP contribution in [0.4, 0.5) is 0 Å². The lowest BCUT2D eigenvalue weighted by atomic mass is 10.3. The van der Waals surface area contributed by atoms with Crippen LogP contribution in [0.3, 0.4) is 0 Å². The smallest absolute Gasteiger partial charge is 0.0341 e. The van der Waals surface area contributed by atoms with Crippen LogP contribution in [0.15, 0.2) is 53.2 Å². The van der Waals surface area contributed by atoms with Gasteiger partial charge in [0.1, 0.15) is 0 Å². The van der Waals surface area contributed by atoms with E-state index in [9.17, 15) is 0 Å². The molecule has 0 amide bonds. The van der Waals surface area contributed by atoms with Crippen molar-refractivity contribution in [3.63, 3.8) is 0 Å². The van der Waals surface area contributed by atoms with E-state index in [1.54, 1.807) is 29.9 Å². The Bertz CT molecular complexity index is 444. The van der Waals surface area contributed by atoms with E-state index in [1.165, 1.54) is 4.88 Å². The van der Waals surface area contributed by atoms with E-state index < -0.39 is 0 Å². The normalized spacial score (nSPS) is 11.5. The maximum Gasteiger partial charge on any atom is 0.0341 e. The summed E-state index contributed by atoms with van der Waals surface area (Å²) in [7, 11) is 0. The van der Waals surface area contributed by atoms with Crippen LogP contribution in [-0.4, -0.2) is 11.2 Å². The van der Waals surface area contributed by atoms with Gasteiger partial charge in [-0.1, -0.05) is 6.07 Å². The molecule has 0 spiro atoms. The van der Waals surface area contributed by atoms with Crippen LogP contribution < -0.4 is 0 Å². The van der Waals surface area contributed by atoms with Crippen molar-refractivity contribution in [1.29, 1.82) is 0 Å².